The lowest BCUT2D eigenvalue weighted by atomic mass is 9.98. The van der Waals surface area contributed by atoms with Gasteiger partial charge >= 0.3 is 5.97 Å². The SMILES string of the molecule is COC(=O)c1ccc(C(O)c2csc(C(C)(C)C)n2)o1. The normalized spacial score (nSPS) is 13.2. The average molecular weight is 295 g/mol. The Morgan fingerprint density at radius 3 is 2.70 bits per heavy atom. The topological polar surface area (TPSA) is 72.6 Å². The number of aliphatic hydroxyl groups is 1. The lowest BCUT2D eigenvalue weighted by Gasteiger charge is -2.13. The molecule has 2 rings (SSSR count). The zero-order valence-corrected chi connectivity index (χ0v) is 12.7. The molecule has 6 heteroatoms. The molecule has 0 saturated heterocycles. The molecule has 0 aromatic carbocycles. The summed E-state index contributed by atoms with van der Waals surface area (Å²) in [6, 6.07) is 3.02. The molecule has 108 valence electrons. The van der Waals surface area contributed by atoms with Crippen molar-refractivity contribution in [2.24, 2.45) is 0 Å². The first-order valence-electron chi connectivity index (χ1n) is 6.15. The first-order valence-corrected chi connectivity index (χ1v) is 7.03. The number of rotatable bonds is 3. The molecule has 0 amide bonds. The fourth-order valence-electron chi connectivity index (χ4n) is 1.61. The summed E-state index contributed by atoms with van der Waals surface area (Å²) in [5, 5.41) is 13.0. The Balaban J connectivity index is 2.23. The summed E-state index contributed by atoms with van der Waals surface area (Å²) in [4.78, 5) is 15.7. The molecule has 0 aliphatic rings. The van der Waals surface area contributed by atoms with Crippen LogP contribution in [-0.2, 0) is 10.2 Å². The van der Waals surface area contributed by atoms with Crippen molar-refractivity contribution in [3.8, 4) is 0 Å². The van der Waals surface area contributed by atoms with E-state index < -0.39 is 12.1 Å². The molecule has 0 bridgehead atoms. The van der Waals surface area contributed by atoms with Crippen LogP contribution in [0.1, 0.15) is 53.9 Å². The third kappa shape index (κ3) is 2.91. The molecule has 1 unspecified atom stereocenters. The summed E-state index contributed by atoms with van der Waals surface area (Å²) < 4.78 is 9.84. The number of hydrogen-bond acceptors (Lipinski definition) is 6. The number of carbonyl (C=O) groups excluding carboxylic acids is 1. The van der Waals surface area contributed by atoms with E-state index in [4.69, 9.17) is 4.42 Å². The average Bonchev–Trinajstić information content (AvgIpc) is 3.05. The molecule has 20 heavy (non-hydrogen) atoms. The third-order valence-corrected chi connectivity index (χ3v) is 4.01. The van der Waals surface area contributed by atoms with E-state index in [-0.39, 0.29) is 16.9 Å². The Kier molecular flexibility index (Phi) is 3.96. The number of hydrogen-bond donors (Lipinski definition) is 1. The summed E-state index contributed by atoms with van der Waals surface area (Å²) in [5.74, 6) is -0.235. The lowest BCUT2D eigenvalue weighted by Crippen LogP contribution is -2.11. The van der Waals surface area contributed by atoms with Crippen LogP contribution in [0.4, 0.5) is 0 Å². The fourth-order valence-corrected chi connectivity index (χ4v) is 2.54. The van der Waals surface area contributed by atoms with Gasteiger partial charge in [-0.2, -0.15) is 0 Å². The number of ether oxygens (including phenoxy) is 1. The van der Waals surface area contributed by atoms with Gasteiger partial charge in [0.25, 0.3) is 0 Å². The van der Waals surface area contributed by atoms with Crippen molar-refractivity contribution in [1.29, 1.82) is 0 Å². The molecule has 2 aromatic heterocycles. The number of carbonyl (C=O) groups is 1. The molecule has 0 spiro atoms. The second-order valence-corrected chi connectivity index (χ2v) is 6.28. The van der Waals surface area contributed by atoms with Crippen LogP contribution in [0.5, 0.6) is 0 Å². The molecule has 0 aliphatic heterocycles. The Labute approximate surface area is 121 Å². The number of methoxy groups -OCH3 is 1. The minimum atomic E-state index is -0.985. The van der Waals surface area contributed by atoms with Gasteiger partial charge < -0.3 is 14.3 Å². The maximum Gasteiger partial charge on any atom is 0.373 e. The molecule has 1 N–H and O–H groups in total. The first kappa shape index (κ1) is 14.7. The monoisotopic (exact) mass is 295 g/mol. The van der Waals surface area contributed by atoms with E-state index in [1.165, 1.54) is 24.5 Å². The van der Waals surface area contributed by atoms with Gasteiger partial charge in [0, 0.05) is 10.8 Å². The first-order chi connectivity index (χ1) is 9.32. The zero-order chi connectivity index (χ0) is 14.9. The zero-order valence-electron chi connectivity index (χ0n) is 11.8. The molecule has 5 nitrogen and oxygen atoms in total. The smallest absolute Gasteiger partial charge is 0.373 e. The Morgan fingerprint density at radius 1 is 1.45 bits per heavy atom. The highest BCUT2D eigenvalue weighted by Gasteiger charge is 2.23. The number of esters is 1. The van der Waals surface area contributed by atoms with Crippen molar-refractivity contribution in [2.45, 2.75) is 32.3 Å². The van der Waals surface area contributed by atoms with Crippen LogP contribution < -0.4 is 0 Å². The van der Waals surface area contributed by atoms with Crippen molar-refractivity contribution in [3.63, 3.8) is 0 Å². The highest BCUT2D eigenvalue weighted by Crippen LogP contribution is 2.30. The fraction of sp³-hybridized carbons (Fsp3) is 0.429. The minimum absolute atomic E-state index is 0.0628. The summed E-state index contributed by atoms with van der Waals surface area (Å²) in [7, 11) is 1.27. The largest absolute Gasteiger partial charge is 0.463 e. The van der Waals surface area contributed by atoms with Crippen LogP contribution in [0, 0.1) is 0 Å². The molecule has 0 aliphatic carbocycles. The van der Waals surface area contributed by atoms with Crippen molar-refractivity contribution in [1.82, 2.24) is 4.98 Å². The van der Waals surface area contributed by atoms with Gasteiger partial charge in [-0.15, -0.1) is 11.3 Å². The predicted octanol–water partition coefficient (Wildman–Crippen LogP) is 2.90. The minimum Gasteiger partial charge on any atom is -0.463 e. The highest BCUT2D eigenvalue weighted by molar-refractivity contribution is 7.09. The van der Waals surface area contributed by atoms with E-state index in [1.54, 1.807) is 11.4 Å². The molecule has 2 heterocycles. The van der Waals surface area contributed by atoms with Crippen LogP contribution in [0.3, 0.4) is 0 Å². The van der Waals surface area contributed by atoms with E-state index in [2.05, 4.69) is 30.5 Å². The highest BCUT2D eigenvalue weighted by atomic mass is 32.1. The van der Waals surface area contributed by atoms with E-state index in [9.17, 15) is 9.90 Å². The van der Waals surface area contributed by atoms with Crippen LogP contribution in [0.25, 0.3) is 0 Å². The van der Waals surface area contributed by atoms with Gasteiger partial charge in [-0.25, -0.2) is 9.78 Å². The summed E-state index contributed by atoms with van der Waals surface area (Å²) in [6.07, 6.45) is -0.985. The number of thiazole rings is 1. The van der Waals surface area contributed by atoms with E-state index in [0.717, 1.165) is 5.01 Å². The van der Waals surface area contributed by atoms with E-state index in [0.29, 0.717) is 5.69 Å². The van der Waals surface area contributed by atoms with Crippen LogP contribution >= 0.6 is 11.3 Å². The van der Waals surface area contributed by atoms with Crippen molar-refractivity contribution < 1.29 is 19.1 Å². The van der Waals surface area contributed by atoms with Gasteiger partial charge in [0.2, 0.25) is 5.76 Å². The molecule has 1 atom stereocenters. The molecular formula is C14H17NO4S. The molecule has 0 saturated carbocycles. The van der Waals surface area contributed by atoms with E-state index >= 15 is 0 Å². The van der Waals surface area contributed by atoms with Crippen LogP contribution in [-0.4, -0.2) is 23.2 Å². The molecule has 2 aromatic rings. The van der Waals surface area contributed by atoms with Crippen LogP contribution in [0.15, 0.2) is 21.9 Å². The quantitative estimate of drug-likeness (QED) is 0.881. The van der Waals surface area contributed by atoms with Gasteiger partial charge in [-0.05, 0) is 12.1 Å². The van der Waals surface area contributed by atoms with Crippen LogP contribution in [0.2, 0.25) is 0 Å². The van der Waals surface area contributed by atoms with Gasteiger partial charge in [-0.3, -0.25) is 0 Å². The van der Waals surface area contributed by atoms with Crippen molar-refractivity contribution in [3.05, 3.63) is 39.7 Å². The van der Waals surface area contributed by atoms with Crippen molar-refractivity contribution >= 4 is 17.3 Å². The summed E-state index contributed by atoms with van der Waals surface area (Å²) in [5.41, 5.74) is 0.453. The third-order valence-electron chi connectivity index (χ3n) is 2.73. The Hall–Kier alpha value is -1.66. The standard InChI is InChI=1S/C14H17NO4S/c1-14(2,3)13-15-8(7-20-13)11(16)9-5-6-10(19-9)12(17)18-4/h5-7,11,16H,1-4H3. The molecular weight excluding hydrogens is 278 g/mol. The maximum absolute atomic E-state index is 11.3. The van der Waals surface area contributed by atoms with Gasteiger partial charge in [0.05, 0.1) is 17.8 Å². The predicted molar refractivity (Wildman–Crippen MR) is 74.9 cm³/mol. The number of aromatic nitrogens is 1. The van der Waals surface area contributed by atoms with Gasteiger partial charge in [-0.1, -0.05) is 20.8 Å². The van der Waals surface area contributed by atoms with Gasteiger partial charge in [0.15, 0.2) is 6.10 Å². The molecule has 0 fully saturated rings. The Bertz CT molecular complexity index is 609. The maximum atomic E-state index is 11.3. The number of furan rings is 1. The van der Waals surface area contributed by atoms with Crippen molar-refractivity contribution in [2.75, 3.05) is 7.11 Å². The number of nitrogens with zero attached hydrogens (tertiary/aromatic N) is 1. The number of aliphatic hydroxyl groups excluding tert-OH is 1. The molecule has 0 radical (unpaired) electrons. The van der Waals surface area contributed by atoms with Gasteiger partial charge in [0.1, 0.15) is 5.76 Å². The lowest BCUT2D eigenvalue weighted by molar-refractivity contribution is 0.0557. The summed E-state index contributed by atoms with van der Waals surface area (Å²) in [6.45, 7) is 6.18. The second kappa shape index (κ2) is 5.38. The second-order valence-electron chi connectivity index (χ2n) is 5.42. The Morgan fingerprint density at radius 2 is 2.15 bits per heavy atom. The van der Waals surface area contributed by atoms with E-state index in [1.807, 2.05) is 0 Å². The summed E-state index contributed by atoms with van der Waals surface area (Å²) >= 11 is 1.49.